The summed E-state index contributed by atoms with van der Waals surface area (Å²) in [7, 11) is 1.26. The molecular formula is C51H101N2O6P. The lowest BCUT2D eigenvalue weighted by Crippen LogP contribution is -2.45. The molecule has 0 radical (unpaired) electrons. The summed E-state index contributed by atoms with van der Waals surface area (Å²) in [5, 5.41) is 13.8. The Balaban J connectivity index is 4.30. The molecule has 0 aliphatic heterocycles. The first-order chi connectivity index (χ1) is 29.0. The molecule has 0 bridgehead atoms. The minimum absolute atomic E-state index is 0.00121. The van der Waals surface area contributed by atoms with Crippen molar-refractivity contribution in [1.29, 1.82) is 0 Å². The van der Waals surface area contributed by atoms with Crippen molar-refractivity contribution in [2.24, 2.45) is 0 Å². The molecule has 0 aromatic heterocycles. The van der Waals surface area contributed by atoms with Crippen molar-refractivity contribution in [3.8, 4) is 0 Å². The van der Waals surface area contributed by atoms with E-state index in [1.807, 2.05) is 27.2 Å². The Kier molecular flexibility index (Phi) is 42.5. The number of allylic oxidation sites excluding steroid dienone is 3. The van der Waals surface area contributed by atoms with Crippen molar-refractivity contribution in [1.82, 2.24) is 5.32 Å². The van der Waals surface area contributed by atoms with Gasteiger partial charge in [0.25, 0.3) is 7.82 Å². The summed E-state index contributed by atoms with van der Waals surface area (Å²) in [4.78, 5) is 25.4. The van der Waals surface area contributed by atoms with Gasteiger partial charge in [0, 0.05) is 6.42 Å². The van der Waals surface area contributed by atoms with Crippen molar-refractivity contribution < 1.29 is 32.9 Å². The van der Waals surface area contributed by atoms with Crippen LogP contribution in [0.15, 0.2) is 24.3 Å². The molecular weight excluding hydrogens is 768 g/mol. The highest BCUT2D eigenvalue weighted by atomic mass is 31.2. The van der Waals surface area contributed by atoms with E-state index in [-0.39, 0.29) is 19.1 Å². The second-order valence-electron chi connectivity index (χ2n) is 18.9. The summed E-state index contributed by atoms with van der Waals surface area (Å²) in [6.45, 7) is 4.66. The van der Waals surface area contributed by atoms with Gasteiger partial charge in [0.05, 0.1) is 39.9 Å². The van der Waals surface area contributed by atoms with Gasteiger partial charge in [0.15, 0.2) is 0 Å². The molecule has 0 aromatic carbocycles. The van der Waals surface area contributed by atoms with Gasteiger partial charge in [-0.3, -0.25) is 9.36 Å². The van der Waals surface area contributed by atoms with E-state index >= 15 is 0 Å². The number of hydrogen-bond donors (Lipinski definition) is 2. The summed E-state index contributed by atoms with van der Waals surface area (Å²) in [5.41, 5.74) is 0. The molecule has 9 heteroatoms. The van der Waals surface area contributed by atoms with Crippen LogP contribution in [0.2, 0.25) is 0 Å². The van der Waals surface area contributed by atoms with E-state index in [2.05, 4.69) is 31.3 Å². The molecule has 356 valence electrons. The van der Waals surface area contributed by atoms with Crippen LogP contribution >= 0.6 is 7.82 Å². The molecule has 60 heavy (non-hydrogen) atoms. The Hall–Kier alpha value is -1.02. The SMILES string of the molecule is CCCCCCCCC/C=C\CCCCCCCC(=O)NC(COP(=O)([O-])OCC[N+](C)(C)C)C(O)/C=C/CCCCCCCCCCCCCCCCCCCCCC. The Labute approximate surface area is 373 Å². The van der Waals surface area contributed by atoms with Crippen LogP contribution in [0.4, 0.5) is 0 Å². The van der Waals surface area contributed by atoms with Gasteiger partial charge in [0.2, 0.25) is 5.91 Å². The van der Waals surface area contributed by atoms with Crippen LogP contribution in [0.5, 0.6) is 0 Å². The van der Waals surface area contributed by atoms with Crippen LogP contribution in [-0.2, 0) is 18.4 Å². The third-order valence-corrected chi connectivity index (χ3v) is 12.6. The molecule has 1 amide bonds. The third kappa shape index (κ3) is 45.0. The number of nitrogens with one attached hydrogen (secondary N) is 1. The first kappa shape index (κ1) is 59.0. The second kappa shape index (κ2) is 43.2. The molecule has 0 saturated heterocycles. The van der Waals surface area contributed by atoms with Crippen LogP contribution in [0.25, 0.3) is 0 Å². The number of likely N-dealkylation sites (N-methyl/N-ethyl adjacent to an activating group) is 1. The Bertz CT molecular complexity index is 1030. The van der Waals surface area contributed by atoms with E-state index in [1.54, 1.807) is 6.08 Å². The highest BCUT2D eigenvalue weighted by molar-refractivity contribution is 7.45. The number of quaternary nitrogens is 1. The molecule has 0 aliphatic rings. The minimum atomic E-state index is -4.59. The first-order valence-electron chi connectivity index (χ1n) is 25.7. The van der Waals surface area contributed by atoms with E-state index in [9.17, 15) is 19.4 Å². The van der Waals surface area contributed by atoms with Crippen molar-refractivity contribution in [3.63, 3.8) is 0 Å². The van der Waals surface area contributed by atoms with E-state index in [0.29, 0.717) is 17.4 Å². The molecule has 0 spiro atoms. The average Bonchev–Trinajstić information content (AvgIpc) is 3.20. The van der Waals surface area contributed by atoms with Gasteiger partial charge in [-0.05, 0) is 44.9 Å². The van der Waals surface area contributed by atoms with Crippen molar-refractivity contribution in [3.05, 3.63) is 24.3 Å². The average molecular weight is 869 g/mol. The zero-order valence-corrected chi connectivity index (χ0v) is 41.3. The molecule has 3 unspecified atom stereocenters. The van der Waals surface area contributed by atoms with Gasteiger partial charge < -0.3 is 28.8 Å². The second-order valence-corrected chi connectivity index (χ2v) is 20.3. The van der Waals surface area contributed by atoms with E-state index < -0.39 is 20.0 Å². The maximum Gasteiger partial charge on any atom is 0.268 e. The lowest BCUT2D eigenvalue weighted by Gasteiger charge is -2.29. The highest BCUT2D eigenvalue weighted by Gasteiger charge is 2.23. The highest BCUT2D eigenvalue weighted by Crippen LogP contribution is 2.38. The molecule has 2 N–H and O–H groups in total. The fraction of sp³-hybridized carbons (Fsp3) is 0.902. The molecule has 0 fully saturated rings. The smallest absolute Gasteiger partial charge is 0.268 e. The number of rotatable bonds is 47. The number of phosphoric acid groups is 1. The van der Waals surface area contributed by atoms with Crippen LogP contribution < -0.4 is 10.2 Å². The van der Waals surface area contributed by atoms with E-state index in [1.165, 1.54) is 173 Å². The Morgan fingerprint density at radius 2 is 0.917 bits per heavy atom. The summed E-state index contributed by atoms with van der Waals surface area (Å²) in [5.74, 6) is -0.204. The minimum Gasteiger partial charge on any atom is -0.756 e. The molecule has 0 saturated carbocycles. The zero-order valence-electron chi connectivity index (χ0n) is 40.4. The van der Waals surface area contributed by atoms with Gasteiger partial charge >= 0.3 is 0 Å². The predicted molar refractivity (Wildman–Crippen MR) is 256 cm³/mol. The maximum atomic E-state index is 12.9. The zero-order chi connectivity index (χ0) is 44.3. The summed E-state index contributed by atoms with van der Waals surface area (Å²) in [6, 6.07) is -0.888. The van der Waals surface area contributed by atoms with Crippen LogP contribution in [0.3, 0.4) is 0 Å². The number of amides is 1. The molecule has 0 heterocycles. The number of aliphatic hydroxyl groups is 1. The Morgan fingerprint density at radius 1 is 0.567 bits per heavy atom. The topological polar surface area (TPSA) is 108 Å². The quantitative estimate of drug-likeness (QED) is 0.0273. The standard InChI is InChI=1S/C51H101N2O6P/c1-6-8-10-12-14-16-18-20-22-24-25-26-27-28-29-30-32-34-36-38-40-42-44-50(54)49(48-59-60(56,57)58-47-46-53(3,4)5)52-51(55)45-43-41-39-37-35-33-31-23-21-19-17-15-13-11-9-7-2/h23,31,42,44,49-50,54H,6-22,24-30,32-41,43,45-48H2,1-5H3,(H-,52,55,56,57)/b31-23-,44-42+. The maximum absolute atomic E-state index is 12.9. The molecule has 8 nitrogen and oxygen atoms in total. The number of aliphatic hydroxyl groups excluding tert-OH is 1. The van der Waals surface area contributed by atoms with Crippen LogP contribution in [0, 0.1) is 0 Å². The largest absolute Gasteiger partial charge is 0.756 e. The summed E-state index contributed by atoms with van der Waals surface area (Å²) in [6.07, 6.45) is 52.3. The summed E-state index contributed by atoms with van der Waals surface area (Å²) >= 11 is 0. The van der Waals surface area contributed by atoms with Crippen molar-refractivity contribution in [2.45, 2.75) is 257 Å². The fourth-order valence-corrected chi connectivity index (χ4v) is 8.28. The molecule has 0 aliphatic carbocycles. The monoisotopic (exact) mass is 869 g/mol. The number of carbonyl (C=O) groups is 1. The number of nitrogens with zero attached hydrogens (tertiary/aromatic N) is 1. The van der Waals surface area contributed by atoms with Gasteiger partial charge in [0.1, 0.15) is 13.2 Å². The number of unbranched alkanes of at least 4 members (excludes halogenated alkanes) is 32. The van der Waals surface area contributed by atoms with Gasteiger partial charge in [-0.25, -0.2) is 0 Å². The van der Waals surface area contributed by atoms with Gasteiger partial charge in [-0.1, -0.05) is 218 Å². The third-order valence-electron chi connectivity index (χ3n) is 11.7. The lowest BCUT2D eigenvalue weighted by molar-refractivity contribution is -0.870. The lowest BCUT2D eigenvalue weighted by atomic mass is 10.0. The van der Waals surface area contributed by atoms with Gasteiger partial charge in [-0.15, -0.1) is 0 Å². The van der Waals surface area contributed by atoms with E-state index in [0.717, 1.165) is 51.4 Å². The summed E-state index contributed by atoms with van der Waals surface area (Å²) < 4.78 is 23.3. The van der Waals surface area contributed by atoms with Crippen LogP contribution in [-0.4, -0.2) is 68.5 Å². The van der Waals surface area contributed by atoms with E-state index in [4.69, 9.17) is 9.05 Å². The van der Waals surface area contributed by atoms with Crippen LogP contribution in [0.1, 0.15) is 245 Å². The Morgan fingerprint density at radius 3 is 1.30 bits per heavy atom. The fourth-order valence-electron chi connectivity index (χ4n) is 7.56. The number of hydrogen-bond acceptors (Lipinski definition) is 6. The molecule has 3 atom stereocenters. The first-order valence-corrected chi connectivity index (χ1v) is 27.2. The number of carbonyl (C=O) groups excluding carboxylic acids is 1. The van der Waals surface area contributed by atoms with Crippen molar-refractivity contribution in [2.75, 3.05) is 40.9 Å². The van der Waals surface area contributed by atoms with Crippen molar-refractivity contribution >= 4 is 13.7 Å². The van der Waals surface area contributed by atoms with Gasteiger partial charge in [-0.2, -0.15) is 0 Å². The normalized spacial score (nSPS) is 14.3. The predicted octanol–water partition coefficient (Wildman–Crippen LogP) is 14.2. The number of phosphoric ester groups is 1. The molecule has 0 rings (SSSR count). The molecule has 0 aromatic rings.